The van der Waals surface area contributed by atoms with Crippen LogP contribution in [0, 0.1) is 0 Å². The molecule has 0 aromatic carbocycles. The fourth-order valence-corrected chi connectivity index (χ4v) is 0.752. The normalized spacial score (nSPS) is 25.6. The molecule has 0 fully saturated rings. The average Bonchev–Trinajstić information content (AvgIpc) is 1.88. The molecule has 2 heteroatoms. The Hall–Kier alpha value is -0.790. The Morgan fingerprint density at radius 1 is 1.78 bits per heavy atom. The van der Waals surface area contributed by atoms with Gasteiger partial charge in [0.1, 0.15) is 11.9 Å². The van der Waals surface area contributed by atoms with Crippen LogP contribution >= 0.6 is 0 Å². The number of methoxy groups -OCH3 is 1. The van der Waals surface area contributed by atoms with E-state index in [4.69, 9.17) is 4.74 Å². The van der Waals surface area contributed by atoms with Crippen LogP contribution in [0.5, 0.6) is 0 Å². The lowest BCUT2D eigenvalue weighted by Gasteiger charge is -2.07. The molecule has 0 bridgehead atoms. The Labute approximate surface area is 53.8 Å². The highest BCUT2D eigenvalue weighted by Crippen LogP contribution is 2.12. The largest absolute Gasteiger partial charge is 0.497 e. The molecule has 0 saturated carbocycles. The fraction of sp³-hybridized carbons (Fsp3) is 0.429. The molecule has 0 amide bonds. The molecule has 1 aliphatic rings. The highest BCUT2D eigenvalue weighted by molar-refractivity contribution is 5.18. The second-order valence-corrected chi connectivity index (χ2v) is 1.93. The molecule has 1 atom stereocenters. The topological polar surface area (TPSA) is 9.23 Å². The minimum Gasteiger partial charge on any atom is -0.497 e. The predicted molar refractivity (Wildman–Crippen MR) is 33.7 cm³/mol. The van der Waals surface area contributed by atoms with Gasteiger partial charge >= 0.3 is 0 Å². The molecule has 9 heavy (non-hydrogen) atoms. The summed E-state index contributed by atoms with van der Waals surface area (Å²) in [6, 6.07) is 0. The standard InChI is InChI=1S/C7H9FO/c1-9-7-4-2-3-6(8)5-7/h2,4-6H,3H2,1H3. The minimum absolute atomic E-state index is 0.479. The first-order chi connectivity index (χ1) is 4.33. The van der Waals surface area contributed by atoms with Crippen molar-refractivity contribution >= 4 is 0 Å². The second-order valence-electron chi connectivity index (χ2n) is 1.93. The summed E-state index contributed by atoms with van der Waals surface area (Å²) in [6.45, 7) is 0. The van der Waals surface area contributed by atoms with Gasteiger partial charge in [0.2, 0.25) is 0 Å². The van der Waals surface area contributed by atoms with Crippen LogP contribution in [-0.4, -0.2) is 13.3 Å². The molecule has 0 spiro atoms. The van der Waals surface area contributed by atoms with Crippen molar-refractivity contribution in [1.82, 2.24) is 0 Å². The molecule has 50 valence electrons. The van der Waals surface area contributed by atoms with Crippen LogP contribution in [0.2, 0.25) is 0 Å². The first kappa shape index (κ1) is 6.33. The molecule has 0 N–H and O–H groups in total. The Kier molecular flexibility index (Phi) is 1.88. The summed E-state index contributed by atoms with van der Waals surface area (Å²) in [5.74, 6) is 0.619. The molecule has 0 saturated heterocycles. The summed E-state index contributed by atoms with van der Waals surface area (Å²) in [7, 11) is 1.54. The van der Waals surface area contributed by atoms with Crippen molar-refractivity contribution in [1.29, 1.82) is 0 Å². The van der Waals surface area contributed by atoms with Crippen molar-refractivity contribution in [3.05, 3.63) is 24.0 Å². The number of allylic oxidation sites excluding steroid dienone is 3. The monoisotopic (exact) mass is 128 g/mol. The van der Waals surface area contributed by atoms with Gasteiger partial charge in [-0.05, 0) is 12.2 Å². The molecule has 1 unspecified atom stereocenters. The van der Waals surface area contributed by atoms with E-state index in [1.165, 1.54) is 13.2 Å². The van der Waals surface area contributed by atoms with E-state index >= 15 is 0 Å². The van der Waals surface area contributed by atoms with Crippen LogP contribution in [0.25, 0.3) is 0 Å². The Morgan fingerprint density at radius 2 is 2.56 bits per heavy atom. The second kappa shape index (κ2) is 2.67. The maximum Gasteiger partial charge on any atom is 0.125 e. The summed E-state index contributed by atoms with van der Waals surface area (Å²) in [4.78, 5) is 0. The number of hydrogen-bond acceptors (Lipinski definition) is 1. The first-order valence-corrected chi connectivity index (χ1v) is 2.89. The van der Waals surface area contributed by atoms with Gasteiger partial charge in [-0.1, -0.05) is 6.08 Å². The lowest BCUT2D eigenvalue weighted by Crippen LogP contribution is -1.99. The van der Waals surface area contributed by atoms with Crippen LogP contribution in [0.4, 0.5) is 4.39 Å². The van der Waals surface area contributed by atoms with Crippen molar-refractivity contribution in [2.24, 2.45) is 0 Å². The zero-order valence-electron chi connectivity index (χ0n) is 5.30. The van der Waals surface area contributed by atoms with Crippen molar-refractivity contribution in [2.75, 3.05) is 7.11 Å². The van der Waals surface area contributed by atoms with Crippen molar-refractivity contribution in [2.45, 2.75) is 12.6 Å². The summed E-state index contributed by atoms with van der Waals surface area (Å²) < 4.78 is 17.2. The van der Waals surface area contributed by atoms with Gasteiger partial charge in [0.25, 0.3) is 0 Å². The molecule has 0 heterocycles. The summed E-state index contributed by atoms with van der Waals surface area (Å²) >= 11 is 0. The minimum atomic E-state index is -0.857. The van der Waals surface area contributed by atoms with Crippen LogP contribution in [0.15, 0.2) is 24.0 Å². The van der Waals surface area contributed by atoms with Crippen molar-refractivity contribution in [3.8, 4) is 0 Å². The highest BCUT2D eigenvalue weighted by Gasteiger charge is 2.05. The fourth-order valence-electron chi connectivity index (χ4n) is 0.752. The number of alkyl halides is 1. The molecule has 0 aliphatic heterocycles. The highest BCUT2D eigenvalue weighted by atomic mass is 19.1. The first-order valence-electron chi connectivity index (χ1n) is 2.89. The smallest absolute Gasteiger partial charge is 0.125 e. The number of ether oxygens (including phenoxy) is 1. The zero-order chi connectivity index (χ0) is 6.69. The van der Waals surface area contributed by atoms with E-state index in [1.54, 1.807) is 12.2 Å². The third-order valence-corrected chi connectivity index (χ3v) is 1.22. The van der Waals surface area contributed by atoms with Crippen LogP contribution < -0.4 is 0 Å². The van der Waals surface area contributed by atoms with Crippen LogP contribution in [-0.2, 0) is 4.74 Å². The van der Waals surface area contributed by atoms with Crippen molar-refractivity contribution < 1.29 is 9.13 Å². The van der Waals surface area contributed by atoms with E-state index in [0.29, 0.717) is 12.2 Å². The molecule has 1 aliphatic carbocycles. The van der Waals surface area contributed by atoms with E-state index in [2.05, 4.69) is 0 Å². The van der Waals surface area contributed by atoms with Gasteiger partial charge in [0.15, 0.2) is 0 Å². The molecule has 1 rings (SSSR count). The zero-order valence-corrected chi connectivity index (χ0v) is 5.30. The maximum atomic E-state index is 12.4. The van der Waals surface area contributed by atoms with Gasteiger partial charge in [0.05, 0.1) is 7.11 Å². The van der Waals surface area contributed by atoms with Gasteiger partial charge in [-0.25, -0.2) is 4.39 Å². The summed E-state index contributed by atoms with van der Waals surface area (Å²) in [5.41, 5.74) is 0. The Morgan fingerprint density at radius 3 is 3.00 bits per heavy atom. The molecule has 0 aromatic rings. The van der Waals surface area contributed by atoms with Gasteiger partial charge < -0.3 is 4.74 Å². The SMILES string of the molecule is COC1=CC(F)CC=C1. The quantitative estimate of drug-likeness (QED) is 0.523. The third-order valence-electron chi connectivity index (χ3n) is 1.22. The van der Waals surface area contributed by atoms with Crippen LogP contribution in [0.3, 0.4) is 0 Å². The number of halogens is 1. The van der Waals surface area contributed by atoms with Gasteiger partial charge in [-0.2, -0.15) is 0 Å². The van der Waals surface area contributed by atoms with E-state index in [-0.39, 0.29) is 0 Å². The van der Waals surface area contributed by atoms with Crippen molar-refractivity contribution in [3.63, 3.8) is 0 Å². The number of rotatable bonds is 1. The van der Waals surface area contributed by atoms with Crippen LogP contribution in [0.1, 0.15) is 6.42 Å². The van der Waals surface area contributed by atoms with Gasteiger partial charge in [-0.3, -0.25) is 0 Å². The molecular weight excluding hydrogens is 119 g/mol. The van der Waals surface area contributed by atoms with E-state index < -0.39 is 6.17 Å². The average molecular weight is 128 g/mol. The van der Waals surface area contributed by atoms with Gasteiger partial charge in [0, 0.05) is 6.42 Å². The third kappa shape index (κ3) is 1.56. The van der Waals surface area contributed by atoms with E-state index in [1.807, 2.05) is 0 Å². The van der Waals surface area contributed by atoms with E-state index in [9.17, 15) is 4.39 Å². The molecule has 1 nitrogen and oxygen atoms in total. The summed E-state index contributed by atoms with van der Waals surface area (Å²) in [5, 5.41) is 0. The molecule has 0 aromatic heterocycles. The molecular formula is C7H9FO. The number of hydrogen-bond donors (Lipinski definition) is 0. The molecule has 0 radical (unpaired) electrons. The Bertz CT molecular complexity index is 149. The lowest BCUT2D eigenvalue weighted by atomic mass is 10.1. The Balaban J connectivity index is 2.59. The maximum absolute atomic E-state index is 12.4. The van der Waals surface area contributed by atoms with E-state index in [0.717, 1.165) is 0 Å². The lowest BCUT2D eigenvalue weighted by molar-refractivity contribution is 0.290. The predicted octanol–water partition coefficient (Wildman–Crippen LogP) is 1.81. The summed E-state index contributed by atoms with van der Waals surface area (Å²) in [6.07, 6.45) is 4.64. The van der Waals surface area contributed by atoms with Gasteiger partial charge in [-0.15, -0.1) is 0 Å².